The number of nitrogens with zero attached hydrogens (tertiary/aromatic N) is 3. The monoisotopic (exact) mass is 625 g/mol. The third-order valence-electron chi connectivity index (χ3n) is 7.44. The number of fused-ring (bicyclic) bond motifs is 1. The second kappa shape index (κ2) is 12.0. The summed E-state index contributed by atoms with van der Waals surface area (Å²) in [5.41, 5.74) is -3.31. The Morgan fingerprint density at radius 3 is 2.70 bits per heavy atom. The summed E-state index contributed by atoms with van der Waals surface area (Å²) >= 11 is 0. The Balaban J connectivity index is 1.36. The van der Waals surface area contributed by atoms with E-state index in [4.69, 9.17) is 18.5 Å². The molecule has 5 rings (SSSR count). The first kappa shape index (κ1) is 31.2. The molecule has 0 bridgehead atoms. The molecule has 3 heterocycles. The third kappa shape index (κ3) is 6.50. The number of carbonyl (C=O) groups excluding carboxylic acids is 1. The Kier molecular flexibility index (Phi) is 8.74. The summed E-state index contributed by atoms with van der Waals surface area (Å²) in [6.07, 6.45) is 0.632. The molecule has 2 aliphatic rings. The van der Waals surface area contributed by atoms with Crippen LogP contribution < -0.4 is 15.2 Å². The number of H-pyrrole nitrogens is 1. The van der Waals surface area contributed by atoms with E-state index in [0.29, 0.717) is 12.8 Å². The molecular weight excluding hydrogens is 591 g/mol. The zero-order valence-corrected chi connectivity index (χ0v) is 24.8. The largest absolute Gasteiger partial charge is 0.461 e. The zero-order valence-electron chi connectivity index (χ0n) is 23.9. The lowest BCUT2D eigenvalue weighted by Crippen LogP contribution is -2.46. The number of aromatic nitrogens is 4. The lowest BCUT2D eigenvalue weighted by Gasteiger charge is -2.28. The van der Waals surface area contributed by atoms with Crippen LogP contribution in [0.1, 0.15) is 58.0 Å². The number of halogens is 2. The number of benzene rings is 1. The molecule has 1 aliphatic heterocycles. The number of hydrogen-bond acceptors (Lipinski definition) is 10. The maximum absolute atomic E-state index is 16.2. The van der Waals surface area contributed by atoms with Crippen molar-refractivity contribution >= 4 is 24.9 Å². The minimum Gasteiger partial charge on any atom is -0.461 e. The number of imidazole rings is 1. The summed E-state index contributed by atoms with van der Waals surface area (Å²) in [4.78, 5) is 35.6. The smallest absolute Gasteiger partial charge is 0.459 e. The normalized spacial score (nSPS) is 28.4. The zero-order chi connectivity index (χ0) is 31.0. The maximum Gasteiger partial charge on any atom is 0.459 e. The predicted octanol–water partition coefficient (Wildman–Crippen LogP) is 3.77. The first-order valence-corrected chi connectivity index (χ1v) is 15.5. The summed E-state index contributed by atoms with van der Waals surface area (Å²) in [5.74, 6) is -3.81. The highest BCUT2D eigenvalue weighted by atomic mass is 31.2. The molecule has 6 atom stereocenters. The molecule has 43 heavy (non-hydrogen) atoms. The van der Waals surface area contributed by atoms with Crippen LogP contribution in [-0.2, 0) is 23.4 Å². The number of alkyl halides is 2. The van der Waals surface area contributed by atoms with E-state index in [1.54, 1.807) is 18.2 Å². The van der Waals surface area contributed by atoms with Crippen LogP contribution in [0, 0.1) is 6.92 Å². The molecular formula is C27H34F2N5O8P. The van der Waals surface area contributed by atoms with Gasteiger partial charge in [0.25, 0.3) is 11.4 Å². The highest BCUT2D eigenvalue weighted by molar-refractivity contribution is 7.52. The molecule has 3 aromatic rings. The van der Waals surface area contributed by atoms with Crippen molar-refractivity contribution < 1.29 is 41.8 Å². The number of esters is 1. The topological polar surface area (TPSA) is 167 Å². The predicted molar refractivity (Wildman–Crippen MR) is 149 cm³/mol. The average Bonchev–Trinajstić information content (AvgIpc) is 3.46. The Hall–Kier alpha value is -3.23. The van der Waals surface area contributed by atoms with E-state index in [-0.39, 0.29) is 28.8 Å². The van der Waals surface area contributed by atoms with Crippen LogP contribution in [0.3, 0.4) is 0 Å². The van der Waals surface area contributed by atoms with Crippen molar-refractivity contribution in [3.8, 4) is 5.75 Å². The number of ether oxygens (including phenoxy) is 2. The van der Waals surface area contributed by atoms with Crippen molar-refractivity contribution in [2.24, 2.45) is 0 Å². The molecule has 0 radical (unpaired) electrons. The minimum absolute atomic E-state index is 0.0599. The number of para-hydroxylation sites is 1. The number of hydrogen-bond donors (Lipinski definition) is 3. The van der Waals surface area contributed by atoms with Crippen molar-refractivity contribution in [3.63, 3.8) is 0 Å². The molecule has 0 spiro atoms. The van der Waals surface area contributed by atoms with Crippen LogP contribution in [0.25, 0.3) is 11.2 Å². The summed E-state index contributed by atoms with van der Waals surface area (Å²) in [7, 11) is -4.60. The molecule has 2 fully saturated rings. The highest BCUT2D eigenvalue weighted by Gasteiger charge is 2.65. The van der Waals surface area contributed by atoms with Gasteiger partial charge in [0.15, 0.2) is 23.6 Å². The molecule has 1 saturated heterocycles. The van der Waals surface area contributed by atoms with Crippen molar-refractivity contribution in [2.75, 3.05) is 6.61 Å². The van der Waals surface area contributed by atoms with Crippen molar-refractivity contribution in [1.82, 2.24) is 24.6 Å². The maximum atomic E-state index is 16.2. The number of aliphatic hydroxyl groups is 1. The molecule has 2 aromatic heterocycles. The van der Waals surface area contributed by atoms with E-state index in [1.165, 1.54) is 26.0 Å². The molecule has 13 nitrogen and oxygen atoms in total. The molecule has 16 heteroatoms. The molecule has 3 N–H and O–H groups in total. The second-order valence-corrected chi connectivity index (χ2v) is 12.7. The van der Waals surface area contributed by atoms with Crippen LogP contribution in [0.4, 0.5) is 8.78 Å². The number of nitrogens with one attached hydrogen (secondary N) is 2. The fraction of sp³-hybridized carbons (Fsp3) is 0.556. The number of carbonyl (C=O) groups is 1. The number of rotatable bonds is 10. The molecule has 1 saturated carbocycles. The highest BCUT2D eigenvalue weighted by Crippen LogP contribution is 2.51. The van der Waals surface area contributed by atoms with Gasteiger partial charge in [0.1, 0.15) is 35.9 Å². The van der Waals surface area contributed by atoms with E-state index in [1.807, 2.05) is 0 Å². The second-order valence-electron chi connectivity index (χ2n) is 11.0. The van der Waals surface area contributed by atoms with Gasteiger partial charge in [0, 0.05) is 0 Å². The lowest BCUT2D eigenvalue weighted by molar-refractivity contribution is -0.192. The van der Waals surface area contributed by atoms with E-state index >= 15 is 8.78 Å². The average molecular weight is 626 g/mol. The van der Waals surface area contributed by atoms with Gasteiger partial charge in [-0.15, -0.1) is 0 Å². The van der Waals surface area contributed by atoms with Crippen LogP contribution in [-0.4, -0.2) is 67.0 Å². The fourth-order valence-corrected chi connectivity index (χ4v) is 6.71. The van der Waals surface area contributed by atoms with Crippen molar-refractivity contribution in [1.29, 1.82) is 0 Å². The van der Waals surface area contributed by atoms with Gasteiger partial charge < -0.3 is 24.1 Å². The van der Waals surface area contributed by atoms with Crippen LogP contribution in [0.2, 0.25) is 0 Å². The Labute approximate surface area is 245 Å². The fourth-order valence-electron chi connectivity index (χ4n) is 5.20. The van der Waals surface area contributed by atoms with Gasteiger partial charge in [-0.05, 0) is 58.6 Å². The van der Waals surface area contributed by atoms with Gasteiger partial charge in [-0.2, -0.15) is 5.09 Å². The molecule has 0 amide bonds. The molecule has 1 aliphatic carbocycles. The van der Waals surface area contributed by atoms with Crippen LogP contribution >= 0.6 is 7.75 Å². The van der Waals surface area contributed by atoms with Gasteiger partial charge in [-0.25, -0.2) is 23.3 Å². The Morgan fingerprint density at radius 2 is 2.00 bits per heavy atom. The van der Waals surface area contributed by atoms with Crippen molar-refractivity contribution in [2.45, 2.75) is 88.9 Å². The summed E-state index contributed by atoms with van der Waals surface area (Å²) in [6.45, 7) is 2.56. The van der Waals surface area contributed by atoms with Gasteiger partial charge in [-0.3, -0.25) is 18.7 Å². The van der Waals surface area contributed by atoms with Gasteiger partial charge in [0.05, 0.1) is 6.33 Å². The van der Waals surface area contributed by atoms with Gasteiger partial charge in [0.2, 0.25) is 0 Å². The SMILES string of the molecule is Cc1nc2c(ncn2[C@@H]2O[C@](F)(COP(=O)(NC(C)C(=O)OC3CCCCC3)Oc3ccccc3)[C@@H](F)[C@@]2(C)O)c(=O)[nH]1. The van der Waals surface area contributed by atoms with Crippen LogP contribution in [0.5, 0.6) is 5.75 Å². The van der Waals surface area contributed by atoms with E-state index in [2.05, 4.69) is 20.0 Å². The Morgan fingerprint density at radius 1 is 1.30 bits per heavy atom. The standard InChI is InChI=1S/C27H34F2N5O8P/c1-16(23(36)40-18-10-6-4-7-11-18)33-43(38,42-19-12-8-5-9-13-19)39-14-27(29)24(28)26(3,37)25(41-27)34-15-30-20-21(34)31-17(2)32-22(20)35/h5,8-9,12-13,15-16,18,24-25,37H,4,6-7,10-11,14H2,1-3H3,(H,33,38)(H,31,32,35)/t16?,24-,25+,26+,27+,43?/m0/s1. The number of aromatic amines is 1. The van der Waals surface area contributed by atoms with E-state index in [0.717, 1.165) is 37.1 Å². The van der Waals surface area contributed by atoms with Gasteiger partial charge >= 0.3 is 13.7 Å². The van der Waals surface area contributed by atoms with Crippen LogP contribution in [0.15, 0.2) is 41.5 Å². The van der Waals surface area contributed by atoms with E-state index in [9.17, 15) is 19.3 Å². The summed E-state index contributed by atoms with van der Waals surface area (Å²) in [5, 5.41) is 13.5. The first-order valence-electron chi connectivity index (χ1n) is 14.0. The summed E-state index contributed by atoms with van der Waals surface area (Å²) < 4.78 is 68.5. The molecule has 2 unspecified atom stereocenters. The Bertz CT molecular complexity index is 1560. The molecule has 234 valence electrons. The van der Waals surface area contributed by atoms with Gasteiger partial charge in [-0.1, -0.05) is 24.6 Å². The minimum atomic E-state index is -4.60. The molecule has 1 aromatic carbocycles. The quantitative estimate of drug-likeness (QED) is 0.222. The lowest BCUT2D eigenvalue weighted by atomic mass is 9.97. The van der Waals surface area contributed by atoms with Crippen molar-refractivity contribution in [3.05, 3.63) is 52.8 Å². The third-order valence-corrected chi connectivity index (χ3v) is 9.07. The number of aryl methyl sites for hydroxylation is 1. The van der Waals surface area contributed by atoms with E-state index < -0.39 is 55.8 Å². The summed E-state index contributed by atoms with van der Waals surface area (Å²) in [6, 6.07) is 6.57. The first-order chi connectivity index (χ1) is 20.3.